The first-order chi connectivity index (χ1) is 8.21. The van der Waals surface area contributed by atoms with Crippen molar-refractivity contribution in [2.45, 2.75) is 46.3 Å². The van der Waals surface area contributed by atoms with Crippen LogP contribution in [0.4, 0.5) is 10.6 Å². The van der Waals surface area contributed by atoms with Crippen LogP contribution in [0.15, 0.2) is 18.3 Å². The zero-order chi connectivity index (χ0) is 13.9. The highest BCUT2D eigenvalue weighted by Gasteiger charge is 2.28. The van der Waals surface area contributed by atoms with Crippen LogP contribution in [-0.4, -0.2) is 27.8 Å². The van der Waals surface area contributed by atoms with Gasteiger partial charge < -0.3 is 9.84 Å². The van der Waals surface area contributed by atoms with E-state index in [1.165, 1.54) is 11.1 Å². The predicted molar refractivity (Wildman–Crippen MR) is 70.3 cm³/mol. The molecule has 0 unspecified atom stereocenters. The number of anilines is 1. The van der Waals surface area contributed by atoms with E-state index >= 15 is 0 Å². The smallest absolute Gasteiger partial charge is 0.413 e. The Morgan fingerprint density at radius 2 is 2.00 bits per heavy atom. The first-order valence-corrected chi connectivity index (χ1v) is 5.87. The van der Waals surface area contributed by atoms with Crippen molar-refractivity contribution in [3.8, 4) is 5.75 Å². The van der Waals surface area contributed by atoms with Crippen LogP contribution in [0.2, 0.25) is 0 Å². The summed E-state index contributed by atoms with van der Waals surface area (Å²) in [5.41, 5.74) is -0.542. The second-order valence-corrected chi connectivity index (χ2v) is 5.31. The van der Waals surface area contributed by atoms with E-state index in [0.717, 1.165) is 0 Å². The average molecular weight is 252 g/mol. The van der Waals surface area contributed by atoms with Gasteiger partial charge in [0, 0.05) is 5.54 Å². The highest BCUT2D eigenvalue weighted by molar-refractivity contribution is 5.86. The maximum atomic E-state index is 11.3. The predicted octanol–water partition coefficient (Wildman–Crippen LogP) is 3.15. The van der Waals surface area contributed by atoms with Gasteiger partial charge in [-0.25, -0.2) is 9.78 Å². The fourth-order valence-electron chi connectivity index (χ4n) is 1.58. The molecule has 5 nitrogen and oxygen atoms in total. The summed E-state index contributed by atoms with van der Waals surface area (Å²) in [5.74, 6) is 1.03. The van der Waals surface area contributed by atoms with Gasteiger partial charge in [-0.2, -0.15) is 0 Å². The van der Waals surface area contributed by atoms with E-state index in [2.05, 4.69) is 4.98 Å². The highest BCUT2D eigenvalue weighted by Crippen LogP contribution is 2.23. The van der Waals surface area contributed by atoms with Crippen molar-refractivity contribution in [3.05, 3.63) is 18.3 Å². The van der Waals surface area contributed by atoms with Gasteiger partial charge in [-0.3, -0.25) is 4.90 Å². The van der Waals surface area contributed by atoms with Crippen LogP contribution in [0.5, 0.6) is 5.75 Å². The molecule has 18 heavy (non-hydrogen) atoms. The third-order valence-electron chi connectivity index (χ3n) is 2.18. The molecule has 1 amide bonds. The summed E-state index contributed by atoms with van der Waals surface area (Å²) < 4.78 is 5.47. The van der Waals surface area contributed by atoms with Gasteiger partial charge in [0.25, 0.3) is 0 Å². The van der Waals surface area contributed by atoms with Crippen LogP contribution in [0, 0.1) is 0 Å². The van der Waals surface area contributed by atoms with Crippen LogP contribution in [0.1, 0.15) is 34.6 Å². The van der Waals surface area contributed by atoms with E-state index < -0.39 is 11.6 Å². The maximum Gasteiger partial charge on any atom is 0.413 e. The molecule has 0 fully saturated rings. The third-order valence-corrected chi connectivity index (χ3v) is 2.18. The maximum absolute atomic E-state index is 11.3. The van der Waals surface area contributed by atoms with Crippen LogP contribution in [0.3, 0.4) is 0 Å². The molecule has 0 saturated carbocycles. The summed E-state index contributed by atoms with van der Waals surface area (Å²) in [6.07, 6.45) is 0.583. The van der Waals surface area contributed by atoms with Gasteiger partial charge in [0.2, 0.25) is 0 Å². The zero-order valence-electron chi connectivity index (χ0n) is 11.5. The molecule has 1 N–H and O–H groups in total. The van der Waals surface area contributed by atoms with Gasteiger partial charge in [-0.05, 0) is 46.8 Å². The summed E-state index contributed by atoms with van der Waals surface area (Å²) in [6.45, 7) is 9.31. The Hall–Kier alpha value is -1.78. The number of pyridine rings is 1. The molecule has 0 spiro atoms. The van der Waals surface area contributed by atoms with E-state index in [1.807, 2.05) is 34.6 Å². The minimum absolute atomic E-state index is 0.0656. The quantitative estimate of drug-likeness (QED) is 0.897. The Morgan fingerprint density at radius 3 is 2.33 bits per heavy atom. The Labute approximate surface area is 107 Å². The number of carboxylic acid groups (broad SMARTS) is 1. The van der Waals surface area contributed by atoms with Crippen molar-refractivity contribution < 1.29 is 14.6 Å². The molecule has 0 aliphatic carbocycles. The molecule has 1 heterocycles. The summed E-state index contributed by atoms with van der Waals surface area (Å²) in [5, 5.41) is 9.23. The number of hydrogen-bond donors (Lipinski definition) is 1. The number of hydrogen-bond acceptors (Lipinski definition) is 3. The van der Waals surface area contributed by atoms with Crippen molar-refractivity contribution in [2.75, 3.05) is 4.90 Å². The molecule has 1 rings (SSSR count). The Bertz CT molecular complexity index is 407. The number of aromatic nitrogens is 1. The topological polar surface area (TPSA) is 62.7 Å². The van der Waals surface area contributed by atoms with Gasteiger partial charge in [0.15, 0.2) is 0 Å². The van der Waals surface area contributed by atoms with E-state index in [-0.39, 0.29) is 6.10 Å². The third kappa shape index (κ3) is 3.61. The van der Waals surface area contributed by atoms with Crippen molar-refractivity contribution in [1.29, 1.82) is 0 Å². The zero-order valence-corrected chi connectivity index (χ0v) is 11.5. The molecule has 0 aromatic carbocycles. The Morgan fingerprint density at radius 1 is 1.39 bits per heavy atom. The van der Waals surface area contributed by atoms with E-state index in [0.29, 0.717) is 11.6 Å². The van der Waals surface area contributed by atoms with Gasteiger partial charge >= 0.3 is 6.09 Å². The average Bonchev–Trinajstić information content (AvgIpc) is 2.17. The van der Waals surface area contributed by atoms with E-state index in [9.17, 15) is 9.90 Å². The fraction of sp³-hybridized carbons (Fsp3) is 0.538. The van der Waals surface area contributed by atoms with Crippen molar-refractivity contribution in [3.63, 3.8) is 0 Å². The monoisotopic (exact) mass is 252 g/mol. The number of ether oxygens (including phenoxy) is 1. The summed E-state index contributed by atoms with van der Waals surface area (Å²) in [4.78, 5) is 16.6. The molecule has 0 saturated heterocycles. The molecular formula is C13H20N2O3. The minimum Gasteiger partial charge on any atom is -0.489 e. The number of carbonyl (C=O) groups is 1. The Kier molecular flexibility index (Phi) is 4.16. The van der Waals surface area contributed by atoms with Gasteiger partial charge in [0.1, 0.15) is 11.6 Å². The van der Waals surface area contributed by atoms with Crippen LogP contribution >= 0.6 is 0 Å². The van der Waals surface area contributed by atoms with Crippen molar-refractivity contribution in [1.82, 2.24) is 4.98 Å². The molecule has 0 aliphatic rings. The highest BCUT2D eigenvalue weighted by atomic mass is 16.5. The second kappa shape index (κ2) is 5.25. The van der Waals surface area contributed by atoms with E-state index in [1.54, 1.807) is 12.1 Å². The molecule has 0 radical (unpaired) electrons. The standard InChI is InChI=1S/C13H20N2O3/c1-9(2)18-10-6-7-11(14-8-10)15(12(16)17)13(3,4)5/h6-9H,1-5H3,(H,16,17). The molecule has 5 heteroatoms. The molecule has 0 aliphatic heterocycles. The lowest BCUT2D eigenvalue weighted by atomic mass is 10.1. The van der Waals surface area contributed by atoms with Gasteiger partial charge in [-0.15, -0.1) is 0 Å². The van der Waals surface area contributed by atoms with Crippen molar-refractivity contribution >= 4 is 11.9 Å². The molecule has 1 aromatic heterocycles. The molecule has 0 bridgehead atoms. The first-order valence-electron chi connectivity index (χ1n) is 5.87. The summed E-state index contributed by atoms with van der Waals surface area (Å²) in [6, 6.07) is 3.38. The lowest BCUT2D eigenvalue weighted by Gasteiger charge is -2.32. The summed E-state index contributed by atoms with van der Waals surface area (Å²) in [7, 11) is 0. The van der Waals surface area contributed by atoms with Crippen LogP contribution < -0.4 is 9.64 Å². The Balaban J connectivity index is 2.98. The first kappa shape index (κ1) is 14.3. The molecular weight excluding hydrogens is 232 g/mol. The van der Waals surface area contributed by atoms with Crippen LogP contribution in [-0.2, 0) is 0 Å². The lowest BCUT2D eigenvalue weighted by molar-refractivity contribution is 0.195. The number of nitrogens with zero attached hydrogens (tertiary/aromatic N) is 2. The number of rotatable bonds is 3. The normalized spacial score (nSPS) is 11.4. The van der Waals surface area contributed by atoms with E-state index in [4.69, 9.17) is 4.74 Å². The van der Waals surface area contributed by atoms with Crippen LogP contribution in [0.25, 0.3) is 0 Å². The minimum atomic E-state index is -1.02. The SMILES string of the molecule is CC(C)Oc1ccc(N(C(=O)O)C(C)(C)C)nc1. The van der Waals surface area contributed by atoms with Gasteiger partial charge in [0.05, 0.1) is 12.3 Å². The molecule has 100 valence electrons. The molecule has 1 aromatic rings. The number of amides is 1. The lowest BCUT2D eigenvalue weighted by Crippen LogP contribution is -2.45. The largest absolute Gasteiger partial charge is 0.489 e. The molecule has 0 atom stereocenters. The van der Waals surface area contributed by atoms with Gasteiger partial charge in [-0.1, -0.05) is 0 Å². The fourth-order valence-corrected chi connectivity index (χ4v) is 1.58. The summed E-state index contributed by atoms with van der Waals surface area (Å²) >= 11 is 0. The second-order valence-electron chi connectivity index (χ2n) is 5.31. The van der Waals surface area contributed by atoms with Crippen molar-refractivity contribution in [2.24, 2.45) is 0 Å².